The molecule has 4 rings (SSSR count). The van der Waals surface area contributed by atoms with Crippen molar-refractivity contribution in [1.29, 1.82) is 0 Å². The van der Waals surface area contributed by atoms with Gasteiger partial charge in [-0.15, -0.1) is 0 Å². The molecular weight excluding hydrogens is 433 g/mol. The van der Waals surface area contributed by atoms with Crippen molar-refractivity contribution in [2.75, 3.05) is 13.7 Å². The van der Waals surface area contributed by atoms with E-state index >= 15 is 0 Å². The molecule has 1 aromatic carbocycles. The molecule has 1 aliphatic rings. The first kappa shape index (κ1) is 23.9. The first-order chi connectivity index (χ1) is 16.5. The molecule has 0 fully saturated rings. The number of ether oxygens (including phenoxy) is 1. The Balaban J connectivity index is 1.47. The summed E-state index contributed by atoms with van der Waals surface area (Å²) in [5.41, 5.74) is 4.53. The number of hydrogen-bond donors (Lipinski definition) is 2. The molecule has 34 heavy (non-hydrogen) atoms. The second kappa shape index (κ2) is 10.8. The van der Waals surface area contributed by atoms with Crippen LogP contribution in [0, 0.1) is 17.7 Å². The maximum absolute atomic E-state index is 13.7. The van der Waals surface area contributed by atoms with Gasteiger partial charge in [-0.1, -0.05) is 30.7 Å². The fourth-order valence-corrected chi connectivity index (χ4v) is 4.37. The van der Waals surface area contributed by atoms with Crippen molar-refractivity contribution in [3.63, 3.8) is 0 Å². The zero-order valence-corrected chi connectivity index (χ0v) is 19.4. The number of allylic oxidation sites excluding steroid dienone is 1. The van der Waals surface area contributed by atoms with Crippen molar-refractivity contribution in [2.45, 2.75) is 32.3 Å². The van der Waals surface area contributed by atoms with Gasteiger partial charge in [-0.25, -0.2) is 9.07 Å². The van der Waals surface area contributed by atoms with Crippen LogP contribution in [0.3, 0.4) is 0 Å². The van der Waals surface area contributed by atoms with Gasteiger partial charge in [0.2, 0.25) is 0 Å². The SMILES string of the molecule is COc1cccnc1C(O)C=CC(CO)CCC1=Cc2c(cnn2-c2cccc(F)c2)CC1C. The molecule has 0 radical (unpaired) electrons. The fourth-order valence-electron chi connectivity index (χ4n) is 4.37. The summed E-state index contributed by atoms with van der Waals surface area (Å²) < 4.78 is 20.8. The van der Waals surface area contributed by atoms with Crippen LogP contribution in [0.15, 0.2) is 66.5 Å². The van der Waals surface area contributed by atoms with Crippen LogP contribution in [0.4, 0.5) is 4.39 Å². The molecule has 0 spiro atoms. The smallest absolute Gasteiger partial charge is 0.143 e. The lowest BCUT2D eigenvalue weighted by molar-refractivity contribution is 0.213. The van der Waals surface area contributed by atoms with Gasteiger partial charge in [0.05, 0.1) is 24.7 Å². The van der Waals surface area contributed by atoms with E-state index in [2.05, 4.69) is 23.1 Å². The van der Waals surface area contributed by atoms with Crippen LogP contribution < -0.4 is 4.74 Å². The number of aliphatic hydroxyl groups is 2. The minimum Gasteiger partial charge on any atom is -0.495 e. The van der Waals surface area contributed by atoms with Crippen LogP contribution in [0.25, 0.3) is 11.8 Å². The average Bonchev–Trinajstić information content (AvgIpc) is 3.26. The highest BCUT2D eigenvalue weighted by atomic mass is 19.1. The number of benzene rings is 1. The molecule has 2 aromatic heterocycles. The third-order valence-corrected chi connectivity index (χ3v) is 6.32. The fraction of sp³-hybridized carbons (Fsp3) is 0.333. The summed E-state index contributed by atoms with van der Waals surface area (Å²) >= 11 is 0. The van der Waals surface area contributed by atoms with E-state index in [1.165, 1.54) is 24.8 Å². The summed E-state index contributed by atoms with van der Waals surface area (Å²) in [5.74, 6) is 0.474. The third kappa shape index (κ3) is 5.26. The number of hydrogen-bond acceptors (Lipinski definition) is 5. The van der Waals surface area contributed by atoms with E-state index < -0.39 is 6.10 Å². The first-order valence-corrected chi connectivity index (χ1v) is 11.5. The van der Waals surface area contributed by atoms with Gasteiger partial charge in [-0.3, -0.25) is 4.98 Å². The summed E-state index contributed by atoms with van der Waals surface area (Å²) in [6.07, 6.45) is 10.6. The molecule has 2 heterocycles. The molecule has 0 saturated carbocycles. The van der Waals surface area contributed by atoms with Crippen molar-refractivity contribution in [1.82, 2.24) is 14.8 Å². The van der Waals surface area contributed by atoms with Gasteiger partial charge < -0.3 is 14.9 Å². The number of methoxy groups -OCH3 is 1. The van der Waals surface area contributed by atoms with E-state index in [0.29, 0.717) is 23.0 Å². The van der Waals surface area contributed by atoms with Gasteiger partial charge in [-0.2, -0.15) is 5.10 Å². The largest absolute Gasteiger partial charge is 0.495 e. The molecule has 0 amide bonds. The van der Waals surface area contributed by atoms with E-state index in [-0.39, 0.29) is 18.3 Å². The van der Waals surface area contributed by atoms with E-state index in [0.717, 1.165) is 30.5 Å². The molecular formula is C27H30FN3O3. The van der Waals surface area contributed by atoms with E-state index in [9.17, 15) is 14.6 Å². The van der Waals surface area contributed by atoms with Gasteiger partial charge in [-0.05, 0) is 67.2 Å². The van der Waals surface area contributed by atoms with Crippen molar-refractivity contribution in [3.8, 4) is 11.4 Å². The molecule has 3 unspecified atom stereocenters. The second-order valence-corrected chi connectivity index (χ2v) is 8.67. The zero-order valence-electron chi connectivity index (χ0n) is 19.4. The Morgan fingerprint density at radius 2 is 2.12 bits per heavy atom. The molecule has 0 saturated heterocycles. The Hall–Kier alpha value is -3.29. The highest BCUT2D eigenvalue weighted by molar-refractivity contribution is 5.59. The summed E-state index contributed by atoms with van der Waals surface area (Å²) in [4.78, 5) is 4.21. The van der Waals surface area contributed by atoms with Crippen molar-refractivity contribution in [3.05, 3.63) is 89.3 Å². The zero-order chi connectivity index (χ0) is 24.1. The Labute approximate surface area is 199 Å². The molecule has 2 N–H and O–H groups in total. The minimum atomic E-state index is -0.916. The van der Waals surface area contributed by atoms with Crippen LogP contribution >= 0.6 is 0 Å². The summed E-state index contributed by atoms with van der Waals surface area (Å²) in [6.45, 7) is 2.17. The van der Waals surface area contributed by atoms with Crippen LogP contribution in [-0.4, -0.2) is 38.7 Å². The second-order valence-electron chi connectivity index (χ2n) is 8.67. The van der Waals surface area contributed by atoms with Gasteiger partial charge in [0.15, 0.2) is 0 Å². The molecule has 178 valence electrons. The number of pyridine rings is 1. The minimum absolute atomic E-state index is 0.0172. The highest BCUT2D eigenvalue weighted by Crippen LogP contribution is 2.33. The standard InChI is InChI=1S/C27H30FN3O3/c1-18-13-21-16-30-31(23-6-3-5-22(28)15-23)24(21)14-20(18)10-8-19(17-32)9-11-25(33)27-26(34-2)7-4-12-29-27/h3-7,9,11-12,14-16,18-19,25,32-33H,8,10,13,17H2,1-2H3. The first-order valence-electron chi connectivity index (χ1n) is 11.5. The lowest BCUT2D eigenvalue weighted by Gasteiger charge is -2.23. The topological polar surface area (TPSA) is 80.4 Å². The maximum Gasteiger partial charge on any atom is 0.143 e. The Kier molecular flexibility index (Phi) is 7.55. The van der Waals surface area contributed by atoms with Crippen LogP contribution in [0.1, 0.15) is 42.8 Å². The number of aliphatic hydroxyl groups excluding tert-OH is 2. The van der Waals surface area contributed by atoms with Gasteiger partial charge in [0.1, 0.15) is 23.4 Å². The summed E-state index contributed by atoms with van der Waals surface area (Å²) in [6, 6.07) is 9.93. The quantitative estimate of drug-likeness (QED) is 0.451. The Morgan fingerprint density at radius 1 is 1.26 bits per heavy atom. The maximum atomic E-state index is 13.7. The van der Waals surface area contributed by atoms with Gasteiger partial charge in [0.25, 0.3) is 0 Å². The van der Waals surface area contributed by atoms with Crippen molar-refractivity contribution < 1.29 is 19.3 Å². The highest BCUT2D eigenvalue weighted by Gasteiger charge is 2.22. The molecule has 0 bridgehead atoms. The monoisotopic (exact) mass is 463 g/mol. The van der Waals surface area contributed by atoms with Crippen molar-refractivity contribution in [2.24, 2.45) is 11.8 Å². The lowest BCUT2D eigenvalue weighted by atomic mass is 9.84. The van der Waals surface area contributed by atoms with E-state index in [1.807, 2.05) is 18.3 Å². The van der Waals surface area contributed by atoms with E-state index in [4.69, 9.17) is 4.74 Å². The molecule has 1 aliphatic carbocycles. The Morgan fingerprint density at radius 3 is 2.88 bits per heavy atom. The molecule has 7 heteroatoms. The molecule has 6 nitrogen and oxygen atoms in total. The normalized spacial score (nSPS) is 17.3. The predicted molar refractivity (Wildman–Crippen MR) is 129 cm³/mol. The van der Waals surface area contributed by atoms with Crippen LogP contribution in [-0.2, 0) is 6.42 Å². The van der Waals surface area contributed by atoms with Gasteiger partial charge >= 0.3 is 0 Å². The average molecular weight is 464 g/mol. The summed E-state index contributed by atoms with van der Waals surface area (Å²) in [7, 11) is 1.54. The summed E-state index contributed by atoms with van der Waals surface area (Å²) in [5, 5.41) is 24.9. The van der Waals surface area contributed by atoms with Crippen LogP contribution in [0.5, 0.6) is 5.75 Å². The molecule has 3 aromatic rings. The van der Waals surface area contributed by atoms with E-state index in [1.54, 1.807) is 35.2 Å². The number of fused-ring (bicyclic) bond motifs is 1. The lowest BCUT2D eigenvalue weighted by Crippen LogP contribution is -2.13. The van der Waals surface area contributed by atoms with Crippen molar-refractivity contribution >= 4 is 6.08 Å². The Bertz CT molecular complexity index is 1190. The number of nitrogens with zero attached hydrogens (tertiary/aromatic N) is 3. The number of aromatic nitrogens is 3. The van der Waals surface area contributed by atoms with Crippen LogP contribution in [0.2, 0.25) is 0 Å². The predicted octanol–water partition coefficient (Wildman–Crippen LogP) is 4.67. The molecule has 0 aliphatic heterocycles. The number of halogens is 1. The van der Waals surface area contributed by atoms with Gasteiger partial charge in [0, 0.05) is 18.7 Å². The third-order valence-electron chi connectivity index (χ3n) is 6.32. The molecule has 3 atom stereocenters. The number of rotatable bonds is 9.